The summed E-state index contributed by atoms with van der Waals surface area (Å²) in [6.07, 6.45) is 10.8. The van der Waals surface area contributed by atoms with E-state index in [4.69, 9.17) is 5.73 Å². The molecule has 0 radical (unpaired) electrons. The number of unbranched alkanes of at least 4 members (excludes halogenated alkanes) is 1. The maximum Gasteiger partial charge on any atom is 0.220 e. The van der Waals surface area contributed by atoms with Crippen LogP contribution in [-0.4, -0.2) is 19.0 Å². The lowest BCUT2D eigenvalue weighted by molar-refractivity contribution is -0.121. The fourth-order valence-electron chi connectivity index (χ4n) is 2.83. The van der Waals surface area contributed by atoms with Crippen molar-refractivity contribution in [3.05, 3.63) is 0 Å². The van der Waals surface area contributed by atoms with Crippen molar-refractivity contribution in [1.82, 2.24) is 5.32 Å². The van der Waals surface area contributed by atoms with Gasteiger partial charge in [0.05, 0.1) is 0 Å². The molecule has 3 N–H and O–H groups in total. The average molecular weight is 254 g/mol. The van der Waals surface area contributed by atoms with E-state index in [1.165, 1.54) is 44.9 Å². The van der Waals surface area contributed by atoms with E-state index in [9.17, 15) is 4.79 Å². The number of amides is 1. The molecule has 1 amide bonds. The highest BCUT2D eigenvalue weighted by Crippen LogP contribution is 2.31. The molecule has 18 heavy (non-hydrogen) atoms. The van der Waals surface area contributed by atoms with Crippen LogP contribution in [0.5, 0.6) is 0 Å². The van der Waals surface area contributed by atoms with Crippen molar-refractivity contribution in [2.24, 2.45) is 17.6 Å². The fourth-order valence-corrected chi connectivity index (χ4v) is 2.83. The van der Waals surface area contributed by atoms with Gasteiger partial charge in [0, 0.05) is 13.0 Å². The number of rotatable bonds is 8. The Balaban J connectivity index is 2.06. The van der Waals surface area contributed by atoms with E-state index in [2.05, 4.69) is 12.2 Å². The van der Waals surface area contributed by atoms with Gasteiger partial charge in [-0.3, -0.25) is 4.79 Å². The van der Waals surface area contributed by atoms with E-state index in [0.29, 0.717) is 18.9 Å². The van der Waals surface area contributed by atoms with Gasteiger partial charge < -0.3 is 11.1 Å². The third kappa shape index (κ3) is 6.39. The zero-order valence-electron chi connectivity index (χ0n) is 11.9. The number of carbonyl (C=O) groups is 1. The van der Waals surface area contributed by atoms with Gasteiger partial charge in [-0.25, -0.2) is 0 Å². The first-order valence-electron chi connectivity index (χ1n) is 7.73. The molecule has 3 nitrogen and oxygen atoms in total. The number of nitrogens with one attached hydrogen (secondary N) is 1. The SMILES string of the molecule is CCCCC1CCC(CNC(=O)CCCN)CC1. The molecule has 0 saturated heterocycles. The fraction of sp³-hybridized carbons (Fsp3) is 0.933. The molecule has 3 heteroatoms. The summed E-state index contributed by atoms with van der Waals surface area (Å²) in [6.45, 7) is 3.75. The third-order valence-electron chi connectivity index (χ3n) is 4.13. The molecule has 0 aromatic carbocycles. The van der Waals surface area contributed by atoms with E-state index in [-0.39, 0.29) is 5.91 Å². The van der Waals surface area contributed by atoms with Gasteiger partial charge in [0.15, 0.2) is 0 Å². The Morgan fingerprint density at radius 3 is 2.44 bits per heavy atom. The lowest BCUT2D eigenvalue weighted by Crippen LogP contribution is -2.31. The van der Waals surface area contributed by atoms with Crippen LogP contribution < -0.4 is 11.1 Å². The number of nitrogens with two attached hydrogens (primary N) is 1. The average Bonchev–Trinajstić information content (AvgIpc) is 2.41. The van der Waals surface area contributed by atoms with E-state index >= 15 is 0 Å². The van der Waals surface area contributed by atoms with Crippen LogP contribution in [0.3, 0.4) is 0 Å². The molecule has 1 rings (SSSR count). The van der Waals surface area contributed by atoms with Crippen LogP contribution in [0.25, 0.3) is 0 Å². The van der Waals surface area contributed by atoms with Crippen molar-refractivity contribution in [1.29, 1.82) is 0 Å². The summed E-state index contributed by atoms with van der Waals surface area (Å²) < 4.78 is 0. The molecule has 1 aliphatic rings. The Labute approximate surface area is 112 Å². The van der Waals surface area contributed by atoms with Gasteiger partial charge in [-0.05, 0) is 37.6 Å². The van der Waals surface area contributed by atoms with E-state index in [1.54, 1.807) is 0 Å². The molecule has 0 bridgehead atoms. The van der Waals surface area contributed by atoms with Crippen LogP contribution in [0.2, 0.25) is 0 Å². The first-order valence-corrected chi connectivity index (χ1v) is 7.73. The van der Waals surface area contributed by atoms with Gasteiger partial charge in [-0.1, -0.05) is 39.0 Å². The topological polar surface area (TPSA) is 55.1 Å². The number of carbonyl (C=O) groups excluding carboxylic acids is 1. The van der Waals surface area contributed by atoms with Crippen LogP contribution in [0, 0.1) is 11.8 Å². The summed E-state index contributed by atoms with van der Waals surface area (Å²) in [6, 6.07) is 0. The molecule has 0 unspecified atom stereocenters. The minimum absolute atomic E-state index is 0.175. The summed E-state index contributed by atoms with van der Waals surface area (Å²) in [5.41, 5.74) is 5.39. The largest absolute Gasteiger partial charge is 0.356 e. The molecule has 0 aromatic heterocycles. The molecular weight excluding hydrogens is 224 g/mol. The first kappa shape index (κ1) is 15.5. The van der Waals surface area contributed by atoms with Gasteiger partial charge in [-0.15, -0.1) is 0 Å². The van der Waals surface area contributed by atoms with Crippen molar-refractivity contribution in [3.63, 3.8) is 0 Å². The van der Waals surface area contributed by atoms with Crippen LogP contribution in [0.4, 0.5) is 0 Å². The third-order valence-corrected chi connectivity index (χ3v) is 4.13. The molecule has 1 saturated carbocycles. The quantitative estimate of drug-likeness (QED) is 0.700. The molecule has 0 aromatic rings. The summed E-state index contributed by atoms with van der Waals surface area (Å²) in [7, 11) is 0. The maximum atomic E-state index is 11.5. The lowest BCUT2D eigenvalue weighted by atomic mass is 9.80. The predicted molar refractivity (Wildman–Crippen MR) is 76.3 cm³/mol. The van der Waals surface area contributed by atoms with E-state index < -0.39 is 0 Å². The van der Waals surface area contributed by atoms with Gasteiger partial charge in [-0.2, -0.15) is 0 Å². The van der Waals surface area contributed by atoms with Crippen molar-refractivity contribution in [2.75, 3.05) is 13.1 Å². The second-order valence-corrected chi connectivity index (χ2v) is 5.73. The first-order chi connectivity index (χ1) is 8.76. The Morgan fingerprint density at radius 1 is 1.17 bits per heavy atom. The molecule has 1 aliphatic carbocycles. The lowest BCUT2D eigenvalue weighted by Gasteiger charge is -2.28. The summed E-state index contributed by atoms with van der Waals surface area (Å²) in [4.78, 5) is 11.5. The van der Waals surface area contributed by atoms with Crippen molar-refractivity contribution in [3.8, 4) is 0 Å². The van der Waals surface area contributed by atoms with E-state index in [1.807, 2.05) is 0 Å². The van der Waals surface area contributed by atoms with Crippen LogP contribution in [-0.2, 0) is 4.79 Å². The highest BCUT2D eigenvalue weighted by atomic mass is 16.1. The van der Waals surface area contributed by atoms with Gasteiger partial charge in [0.1, 0.15) is 0 Å². The molecule has 1 fully saturated rings. The predicted octanol–water partition coefficient (Wildman–Crippen LogP) is 2.84. The molecule has 106 valence electrons. The molecular formula is C15H30N2O. The van der Waals surface area contributed by atoms with Crippen LogP contribution in [0.15, 0.2) is 0 Å². The molecule has 0 heterocycles. The Bertz CT molecular complexity index is 223. The normalized spacial score (nSPS) is 23.9. The number of hydrogen-bond acceptors (Lipinski definition) is 2. The van der Waals surface area contributed by atoms with Crippen molar-refractivity contribution in [2.45, 2.75) is 64.7 Å². The Kier molecular flexibility index (Phi) is 8.06. The smallest absolute Gasteiger partial charge is 0.220 e. The summed E-state index contributed by atoms with van der Waals surface area (Å²) >= 11 is 0. The monoisotopic (exact) mass is 254 g/mol. The van der Waals surface area contributed by atoms with E-state index in [0.717, 1.165) is 18.9 Å². The zero-order valence-corrected chi connectivity index (χ0v) is 11.9. The molecule has 0 atom stereocenters. The zero-order chi connectivity index (χ0) is 13.2. The van der Waals surface area contributed by atoms with Crippen molar-refractivity contribution < 1.29 is 4.79 Å². The highest BCUT2D eigenvalue weighted by molar-refractivity contribution is 5.75. The van der Waals surface area contributed by atoms with Crippen molar-refractivity contribution >= 4 is 5.91 Å². The summed E-state index contributed by atoms with van der Waals surface area (Å²) in [5, 5.41) is 3.05. The minimum Gasteiger partial charge on any atom is -0.356 e. The molecule has 0 aliphatic heterocycles. The summed E-state index contributed by atoms with van der Waals surface area (Å²) in [5.74, 6) is 1.84. The number of hydrogen-bond donors (Lipinski definition) is 2. The van der Waals surface area contributed by atoms with Gasteiger partial charge >= 0.3 is 0 Å². The second kappa shape index (κ2) is 9.37. The standard InChI is InChI=1S/C15H30N2O/c1-2-3-5-13-7-9-14(10-8-13)12-17-15(18)6-4-11-16/h13-14H,2-12,16H2,1H3,(H,17,18). The highest BCUT2D eigenvalue weighted by Gasteiger charge is 2.20. The second-order valence-electron chi connectivity index (χ2n) is 5.73. The Morgan fingerprint density at radius 2 is 1.83 bits per heavy atom. The maximum absolute atomic E-state index is 11.5. The molecule has 0 spiro atoms. The van der Waals surface area contributed by atoms with Crippen LogP contribution >= 0.6 is 0 Å². The minimum atomic E-state index is 0.175. The van der Waals surface area contributed by atoms with Crippen LogP contribution in [0.1, 0.15) is 64.7 Å². The van der Waals surface area contributed by atoms with Gasteiger partial charge in [0.2, 0.25) is 5.91 Å². The van der Waals surface area contributed by atoms with Gasteiger partial charge in [0.25, 0.3) is 0 Å². The Hall–Kier alpha value is -0.570.